The number of fused-ring (bicyclic) bond motifs is 1. The van der Waals surface area contributed by atoms with Crippen LogP contribution in [0.1, 0.15) is 21.7 Å². The average molecular weight is 378 g/mol. The van der Waals surface area contributed by atoms with E-state index in [1.165, 1.54) is 18.2 Å². The zero-order chi connectivity index (χ0) is 18.8. The topological polar surface area (TPSA) is 64.1 Å². The van der Waals surface area contributed by atoms with Gasteiger partial charge in [0.25, 0.3) is 5.91 Å². The third-order valence-corrected chi connectivity index (χ3v) is 4.04. The molecule has 0 saturated heterocycles. The molecular weight excluding hydrogens is 364 g/mol. The first-order valence-electron chi connectivity index (χ1n) is 7.64. The van der Waals surface area contributed by atoms with Gasteiger partial charge in [-0.05, 0) is 50.2 Å². The smallest absolute Gasteiger partial charge is 0.387 e. The molecule has 8 heteroatoms. The SMILES string of the molecule is Cc1nc2ccc(C(=O)Nc3ccc(OC(F)F)c(Cl)c3)cc2nc1C. The van der Waals surface area contributed by atoms with Gasteiger partial charge in [0.1, 0.15) is 5.75 Å². The van der Waals surface area contributed by atoms with Crippen LogP contribution >= 0.6 is 11.6 Å². The summed E-state index contributed by atoms with van der Waals surface area (Å²) < 4.78 is 28.8. The first kappa shape index (κ1) is 18.0. The summed E-state index contributed by atoms with van der Waals surface area (Å²) >= 11 is 5.89. The number of benzene rings is 2. The van der Waals surface area contributed by atoms with Crippen LogP contribution in [0.3, 0.4) is 0 Å². The van der Waals surface area contributed by atoms with E-state index in [9.17, 15) is 13.6 Å². The summed E-state index contributed by atoms with van der Waals surface area (Å²) in [5.41, 5.74) is 3.67. The van der Waals surface area contributed by atoms with Crippen LogP contribution < -0.4 is 10.1 Å². The van der Waals surface area contributed by atoms with E-state index in [0.717, 1.165) is 11.4 Å². The maximum atomic E-state index is 12.4. The molecule has 0 atom stereocenters. The summed E-state index contributed by atoms with van der Waals surface area (Å²) in [6, 6.07) is 9.02. The van der Waals surface area contributed by atoms with Crippen molar-refractivity contribution < 1.29 is 18.3 Å². The highest BCUT2D eigenvalue weighted by atomic mass is 35.5. The number of carbonyl (C=O) groups excluding carboxylic acids is 1. The van der Waals surface area contributed by atoms with E-state index in [1.54, 1.807) is 18.2 Å². The first-order chi connectivity index (χ1) is 12.3. The van der Waals surface area contributed by atoms with Gasteiger partial charge < -0.3 is 10.1 Å². The normalized spacial score (nSPS) is 11.0. The summed E-state index contributed by atoms with van der Waals surface area (Å²) in [5.74, 6) is -0.544. The highest BCUT2D eigenvalue weighted by molar-refractivity contribution is 6.32. The largest absolute Gasteiger partial charge is 0.433 e. The molecule has 1 amide bonds. The summed E-state index contributed by atoms with van der Waals surface area (Å²) in [6.45, 7) is 0.742. The third kappa shape index (κ3) is 3.88. The number of ether oxygens (including phenoxy) is 1. The second kappa shape index (κ2) is 7.21. The highest BCUT2D eigenvalue weighted by Gasteiger charge is 2.12. The van der Waals surface area contributed by atoms with Crippen molar-refractivity contribution >= 4 is 34.2 Å². The van der Waals surface area contributed by atoms with E-state index in [1.807, 2.05) is 13.8 Å². The summed E-state index contributed by atoms with van der Waals surface area (Å²) in [5, 5.41) is 2.63. The molecular formula is C18H14ClF2N3O2. The summed E-state index contributed by atoms with van der Waals surface area (Å²) in [4.78, 5) is 21.3. The van der Waals surface area contributed by atoms with Crippen molar-refractivity contribution in [3.8, 4) is 5.75 Å². The Morgan fingerprint density at radius 3 is 2.42 bits per heavy atom. The average Bonchev–Trinajstić information content (AvgIpc) is 2.57. The fraction of sp³-hybridized carbons (Fsp3) is 0.167. The zero-order valence-electron chi connectivity index (χ0n) is 13.9. The number of nitrogens with one attached hydrogen (secondary N) is 1. The third-order valence-electron chi connectivity index (χ3n) is 3.74. The summed E-state index contributed by atoms with van der Waals surface area (Å²) in [6.07, 6.45) is 0. The molecule has 26 heavy (non-hydrogen) atoms. The molecule has 0 radical (unpaired) electrons. The molecule has 0 aliphatic heterocycles. The van der Waals surface area contributed by atoms with Crippen LogP contribution in [-0.4, -0.2) is 22.5 Å². The van der Waals surface area contributed by atoms with Crippen LogP contribution in [0.4, 0.5) is 14.5 Å². The van der Waals surface area contributed by atoms with Crippen LogP contribution in [-0.2, 0) is 0 Å². The van der Waals surface area contributed by atoms with E-state index in [0.29, 0.717) is 22.3 Å². The predicted octanol–water partition coefficient (Wildman–Crippen LogP) is 4.75. The van der Waals surface area contributed by atoms with Gasteiger partial charge in [0.15, 0.2) is 0 Å². The van der Waals surface area contributed by atoms with Crippen LogP contribution in [0.5, 0.6) is 5.75 Å². The molecule has 0 aliphatic rings. The Morgan fingerprint density at radius 2 is 1.77 bits per heavy atom. The molecule has 3 rings (SSSR count). The lowest BCUT2D eigenvalue weighted by molar-refractivity contribution is -0.0497. The number of halogens is 3. The molecule has 134 valence electrons. The Morgan fingerprint density at radius 1 is 1.08 bits per heavy atom. The maximum absolute atomic E-state index is 12.4. The minimum absolute atomic E-state index is 0.0291. The fourth-order valence-electron chi connectivity index (χ4n) is 2.35. The highest BCUT2D eigenvalue weighted by Crippen LogP contribution is 2.29. The van der Waals surface area contributed by atoms with Crippen molar-refractivity contribution in [2.24, 2.45) is 0 Å². The molecule has 0 aliphatic carbocycles. The van der Waals surface area contributed by atoms with Crippen molar-refractivity contribution in [1.29, 1.82) is 0 Å². The molecule has 0 spiro atoms. The minimum atomic E-state index is -2.97. The van der Waals surface area contributed by atoms with Crippen LogP contribution in [0, 0.1) is 13.8 Å². The lowest BCUT2D eigenvalue weighted by Crippen LogP contribution is -2.12. The van der Waals surface area contributed by atoms with Gasteiger partial charge in [-0.1, -0.05) is 11.6 Å². The zero-order valence-corrected chi connectivity index (χ0v) is 14.6. The molecule has 1 aromatic heterocycles. The Hall–Kier alpha value is -2.80. The number of aryl methyl sites for hydroxylation is 2. The van der Waals surface area contributed by atoms with Gasteiger partial charge in [-0.3, -0.25) is 4.79 Å². The van der Waals surface area contributed by atoms with Gasteiger partial charge in [0, 0.05) is 11.3 Å². The molecule has 1 heterocycles. The van der Waals surface area contributed by atoms with E-state index < -0.39 is 6.61 Å². The molecule has 0 bridgehead atoms. The van der Waals surface area contributed by atoms with Gasteiger partial charge in [0.2, 0.25) is 0 Å². The first-order valence-corrected chi connectivity index (χ1v) is 8.02. The molecule has 5 nitrogen and oxygen atoms in total. The number of nitrogens with zero attached hydrogens (tertiary/aromatic N) is 2. The molecule has 0 unspecified atom stereocenters. The van der Waals surface area contributed by atoms with E-state index in [2.05, 4.69) is 20.0 Å². The monoisotopic (exact) mass is 377 g/mol. The van der Waals surface area contributed by atoms with Crippen molar-refractivity contribution in [1.82, 2.24) is 9.97 Å². The Balaban J connectivity index is 1.82. The van der Waals surface area contributed by atoms with E-state index in [-0.39, 0.29) is 16.7 Å². The molecule has 3 aromatic rings. The number of carbonyl (C=O) groups is 1. The van der Waals surface area contributed by atoms with E-state index >= 15 is 0 Å². The second-order valence-electron chi connectivity index (χ2n) is 5.58. The van der Waals surface area contributed by atoms with Gasteiger partial charge in [-0.2, -0.15) is 8.78 Å². The number of hydrogen-bond donors (Lipinski definition) is 1. The predicted molar refractivity (Wildman–Crippen MR) is 95.0 cm³/mol. The maximum Gasteiger partial charge on any atom is 0.387 e. The minimum Gasteiger partial charge on any atom is -0.433 e. The Kier molecular flexibility index (Phi) is 4.99. The molecule has 0 fully saturated rings. The molecule has 1 N–H and O–H groups in total. The van der Waals surface area contributed by atoms with Gasteiger partial charge in [-0.15, -0.1) is 0 Å². The van der Waals surface area contributed by atoms with Crippen molar-refractivity contribution in [3.05, 3.63) is 58.4 Å². The van der Waals surface area contributed by atoms with Gasteiger partial charge in [-0.25, -0.2) is 9.97 Å². The van der Waals surface area contributed by atoms with Gasteiger partial charge in [0.05, 0.1) is 27.4 Å². The van der Waals surface area contributed by atoms with Crippen molar-refractivity contribution in [2.75, 3.05) is 5.32 Å². The van der Waals surface area contributed by atoms with Crippen molar-refractivity contribution in [3.63, 3.8) is 0 Å². The lowest BCUT2D eigenvalue weighted by Gasteiger charge is -2.10. The number of anilines is 1. The number of aromatic nitrogens is 2. The quantitative estimate of drug-likeness (QED) is 0.712. The Bertz CT molecular complexity index is 996. The van der Waals surface area contributed by atoms with Crippen LogP contribution in [0.15, 0.2) is 36.4 Å². The second-order valence-corrected chi connectivity index (χ2v) is 5.98. The number of alkyl halides is 2. The Labute approximate surface area is 153 Å². The van der Waals surface area contributed by atoms with E-state index in [4.69, 9.17) is 11.6 Å². The number of rotatable bonds is 4. The van der Waals surface area contributed by atoms with Crippen LogP contribution in [0.25, 0.3) is 11.0 Å². The fourth-order valence-corrected chi connectivity index (χ4v) is 2.57. The molecule has 0 saturated carbocycles. The van der Waals surface area contributed by atoms with Crippen LogP contribution in [0.2, 0.25) is 5.02 Å². The van der Waals surface area contributed by atoms with Gasteiger partial charge >= 0.3 is 6.61 Å². The number of amides is 1. The number of hydrogen-bond acceptors (Lipinski definition) is 4. The van der Waals surface area contributed by atoms with Crippen molar-refractivity contribution in [2.45, 2.75) is 20.5 Å². The standard InChI is InChI=1S/C18H14ClF2N3O2/c1-9-10(2)23-15-7-11(3-5-14(15)22-9)17(25)24-12-4-6-16(13(19)8-12)26-18(20)21/h3-8,18H,1-2H3,(H,24,25). The summed E-state index contributed by atoms with van der Waals surface area (Å²) in [7, 11) is 0. The lowest BCUT2D eigenvalue weighted by atomic mass is 10.1. The molecule has 2 aromatic carbocycles.